The molecule has 0 aliphatic carbocycles. The van der Waals surface area contributed by atoms with Crippen molar-refractivity contribution in [3.05, 3.63) is 53.2 Å². The van der Waals surface area contributed by atoms with Crippen LogP contribution in [0.5, 0.6) is 0 Å². The normalized spacial score (nSPS) is 10.7. The molecule has 1 aromatic carbocycles. The predicted molar refractivity (Wildman–Crippen MR) is 75.9 cm³/mol. The summed E-state index contributed by atoms with van der Waals surface area (Å²) in [6, 6.07) is 11.1. The fourth-order valence-corrected chi connectivity index (χ4v) is 2.02. The van der Waals surface area contributed by atoms with Crippen LogP contribution >= 0.6 is 11.6 Å². The molecule has 3 rings (SSSR count). The van der Waals surface area contributed by atoms with Gasteiger partial charge >= 0.3 is 0 Å². The molecule has 0 unspecified atom stereocenters. The van der Waals surface area contributed by atoms with Gasteiger partial charge in [-0.2, -0.15) is 4.98 Å². The smallest absolute Gasteiger partial charge is 0.258 e. The Labute approximate surface area is 120 Å². The predicted octanol–water partition coefficient (Wildman–Crippen LogP) is 2.91. The van der Waals surface area contributed by atoms with Gasteiger partial charge in [0, 0.05) is 18.3 Å². The molecule has 0 saturated heterocycles. The first-order valence-electron chi connectivity index (χ1n) is 6.02. The third-order valence-corrected chi connectivity index (χ3v) is 3.11. The second kappa shape index (κ2) is 5.40. The van der Waals surface area contributed by atoms with E-state index in [9.17, 15) is 0 Å². The first-order valence-corrected chi connectivity index (χ1v) is 6.39. The van der Waals surface area contributed by atoms with Crippen molar-refractivity contribution in [1.82, 2.24) is 15.1 Å². The summed E-state index contributed by atoms with van der Waals surface area (Å²) < 4.78 is 5.26. The van der Waals surface area contributed by atoms with E-state index < -0.39 is 0 Å². The minimum absolute atomic E-state index is 0.365. The van der Waals surface area contributed by atoms with Crippen molar-refractivity contribution in [2.45, 2.75) is 6.54 Å². The zero-order valence-corrected chi connectivity index (χ0v) is 11.2. The van der Waals surface area contributed by atoms with E-state index in [2.05, 4.69) is 15.1 Å². The van der Waals surface area contributed by atoms with Gasteiger partial charge in [-0.05, 0) is 29.8 Å². The summed E-state index contributed by atoms with van der Waals surface area (Å²) >= 11 is 6.06. The second-order valence-corrected chi connectivity index (χ2v) is 4.57. The van der Waals surface area contributed by atoms with Gasteiger partial charge in [-0.25, -0.2) is 0 Å². The Morgan fingerprint density at radius 3 is 2.90 bits per heavy atom. The Kier molecular flexibility index (Phi) is 3.45. The molecule has 2 N–H and O–H groups in total. The van der Waals surface area contributed by atoms with Crippen LogP contribution < -0.4 is 5.73 Å². The molecule has 0 bridgehead atoms. The minimum Gasteiger partial charge on any atom is -0.334 e. The van der Waals surface area contributed by atoms with Crippen molar-refractivity contribution in [3.8, 4) is 23.0 Å². The topological polar surface area (TPSA) is 77.8 Å². The molecule has 0 fully saturated rings. The van der Waals surface area contributed by atoms with E-state index in [0.717, 1.165) is 11.1 Å². The molecule has 2 heterocycles. The van der Waals surface area contributed by atoms with Gasteiger partial charge in [-0.1, -0.05) is 28.9 Å². The summed E-state index contributed by atoms with van der Waals surface area (Å²) in [7, 11) is 0. The number of nitrogens with zero attached hydrogens (tertiary/aromatic N) is 3. The summed E-state index contributed by atoms with van der Waals surface area (Å²) in [5.74, 6) is 0.778. The quantitative estimate of drug-likeness (QED) is 0.801. The minimum atomic E-state index is 0.365. The molecule has 20 heavy (non-hydrogen) atoms. The van der Waals surface area contributed by atoms with E-state index in [1.54, 1.807) is 18.3 Å². The zero-order valence-electron chi connectivity index (χ0n) is 10.5. The van der Waals surface area contributed by atoms with Gasteiger partial charge in [-0.3, -0.25) is 4.98 Å². The van der Waals surface area contributed by atoms with Crippen LogP contribution in [0.2, 0.25) is 5.02 Å². The standard InChI is InChI=1S/C14H11ClN4O/c15-11-5-2-6-17-12(11)13-18-14(20-19-13)10-4-1-3-9(7-10)8-16/h1-7H,8,16H2. The number of pyridine rings is 1. The molecule has 0 radical (unpaired) electrons. The van der Waals surface area contributed by atoms with Crippen LogP contribution in [0.3, 0.4) is 0 Å². The van der Waals surface area contributed by atoms with Crippen molar-refractivity contribution in [1.29, 1.82) is 0 Å². The summed E-state index contributed by atoms with van der Waals surface area (Å²) in [6.45, 7) is 0.459. The molecular formula is C14H11ClN4O. The lowest BCUT2D eigenvalue weighted by atomic mass is 10.1. The maximum atomic E-state index is 6.06. The molecule has 0 aliphatic rings. The van der Waals surface area contributed by atoms with Crippen molar-refractivity contribution in [2.24, 2.45) is 5.73 Å². The molecule has 0 amide bonds. The van der Waals surface area contributed by atoms with Crippen LogP contribution in [-0.4, -0.2) is 15.1 Å². The van der Waals surface area contributed by atoms with E-state index in [-0.39, 0.29) is 0 Å². The molecule has 3 aromatic rings. The van der Waals surface area contributed by atoms with Gasteiger partial charge in [0.15, 0.2) is 0 Å². The van der Waals surface area contributed by atoms with Crippen LogP contribution in [0.25, 0.3) is 23.0 Å². The Bertz CT molecular complexity index is 741. The lowest BCUT2D eigenvalue weighted by Crippen LogP contribution is -1.95. The first-order chi connectivity index (χ1) is 9.78. The van der Waals surface area contributed by atoms with Crippen LogP contribution in [0.1, 0.15) is 5.56 Å². The maximum absolute atomic E-state index is 6.06. The molecule has 100 valence electrons. The van der Waals surface area contributed by atoms with E-state index in [4.69, 9.17) is 21.9 Å². The monoisotopic (exact) mass is 286 g/mol. The van der Waals surface area contributed by atoms with Crippen LogP contribution in [0.4, 0.5) is 0 Å². The van der Waals surface area contributed by atoms with Crippen molar-refractivity contribution >= 4 is 11.6 Å². The van der Waals surface area contributed by atoms with E-state index >= 15 is 0 Å². The molecular weight excluding hydrogens is 276 g/mol. The lowest BCUT2D eigenvalue weighted by Gasteiger charge is -1.98. The molecule has 0 atom stereocenters. The number of rotatable bonds is 3. The maximum Gasteiger partial charge on any atom is 0.258 e. The van der Waals surface area contributed by atoms with Crippen LogP contribution in [0.15, 0.2) is 47.1 Å². The molecule has 2 aromatic heterocycles. The number of aromatic nitrogens is 3. The highest BCUT2D eigenvalue weighted by Crippen LogP contribution is 2.25. The highest BCUT2D eigenvalue weighted by molar-refractivity contribution is 6.32. The summed E-state index contributed by atoms with van der Waals surface area (Å²) in [5.41, 5.74) is 7.93. The zero-order chi connectivity index (χ0) is 13.9. The molecule has 0 aliphatic heterocycles. The molecule has 5 nitrogen and oxygen atoms in total. The second-order valence-electron chi connectivity index (χ2n) is 4.16. The average Bonchev–Trinajstić information content (AvgIpc) is 2.97. The van der Waals surface area contributed by atoms with Crippen LogP contribution in [-0.2, 0) is 6.54 Å². The van der Waals surface area contributed by atoms with E-state index in [0.29, 0.717) is 29.0 Å². The first kappa shape index (κ1) is 12.8. The fourth-order valence-electron chi connectivity index (χ4n) is 1.82. The molecule has 0 saturated carbocycles. The number of hydrogen-bond acceptors (Lipinski definition) is 5. The third kappa shape index (κ3) is 2.41. The summed E-state index contributed by atoms with van der Waals surface area (Å²) in [5, 5.41) is 4.40. The Morgan fingerprint density at radius 1 is 1.20 bits per heavy atom. The SMILES string of the molecule is NCc1cccc(-c2nc(-c3ncccc3Cl)no2)c1. The van der Waals surface area contributed by atoms with E-state index in [1.807, 2.05) is 24.3 Å². The Hall–Kier alpha value is -2.24. The lowest BCUT2D eigenvalue weighted by molar-refractivity contribution is 0.432. The molecule has 6 heteroatoms. The number of halogens is 1. The van der Waals surface area contributed by atoms with Gasteiger partial charge < -0.3 is 10.3 Å². The van der Waals surface area contributed by atoms with Gasteiger partial charge in [0.2, 0.25) is 5.82 Å². The highest BCUT2D eigenvalue weighted by Gasteiger charge is 2.14. The average molecular weight is 287 g/mol. The highest BCUT2D eigenvalue weighted by atomic mass is 35.5. The Morgan fingerprint density at radius 2 is 2.10 bits per heavy atom. The van der Waals surface area contributed by atoms with E-state index in [1.165, 1.54) is 0 Å². The largest absolute Gasteiger partial charge is 0.334 e. The number of benzene rings is 1. The Balaban J connectivity index is 2.00. The molecule has 0 spiro atoms. The summed E-state index contributed by atoms with van der Waals surface area (Å²) in [6.07, 6.45) is 1.63. The van der Waals surface area contributed by atoms with Crippen molar-refractivity contribution in [2.75, 3.05) is 0 Å². The third-order valence-electron chi connectivity index (χ3n) is 2.81. The van der Waals surface area contributed by atoms with Crippen molar-refractivity contribution < 1.29 is 4.52 Å². The van der Waals surface area contributed by atoms with Gasteiger partial charge in [-0.15, -0.1) is 0 Å². The van der Waals surface area contributed by atoms with Crippen LogP contribution in [0, 0.1) is 0 Å². The van der Waals surface area contributed by atoms with Gasteiger partial charge in [0.1, 0.15) is 5.69 Å². The van der Waals surface area contributed by atoms with Gasteiger partial charge in [0.25, 0.3) is 5.89 Å². The summed E-state index contributed by atoms with van der Waals surface area (Å²) in [4.78, 5) is 8.47. The number of nitrogens with two attached hydrogens (primary N) is 1. The number of hydrogen-bond donors (Lipinski definition) is 1. The van der Waals surface area contributed by atoms with Gasteiger partial charge in [0.05, 0.1) is 5.02 Å². The van der Waals surface area contributed by atoms with Crippen molar-refractivity contribution in [3.63, 3.8) is 0 Å². The fraction of sp³-hybridized carbons (Fsp3) is 0.0714.